The molecule has 1 aromatic carbocycles. The van der Waals surface area contributed by atoms with Gasteiger partial charge in [0.15, 0.2) is 0 Å². The number of aromatic nitrogens is 2. The summed E-state index contributed by atoms with van der Waals surface area (Å²) < 4.78 is 1.83. The molecular formula is C16H24N4. The number of hydrogen-bond acceptors (Lipinski definition) is 3. The Morgan fingerprint density at radius 1 is 1.20 bits per heavy atom. The molecule has 0 saturated carbocycles. The van der Waals surface area contributed by atoms with E-state index in [0.29, 0.717) is 5.92 Å². The van der Waals surface area contributed by atoms with Gasteiger partial charge >= 0.3 is 0 Å². The summed E-state index contributed by atoms with van der Waals surface area (Å²) in [5.41, 5.74) is 6.75. The lowest BCUT2D eigenvalue weighted by Crippen LogP contribution is -2.28. The molecule has 0 amide bonds. The average molecular weight is 272 g/mol. The molecule has 20 heavy (non-hydrogen) atoms. The summed E-state index contributed by atoms with van der Waals surface area (Å²) >= 11 is 0. The van der Waals surface area contributed by atoms with Crippen LogP contribution >= 0.6 is 0 Å². The number of hydrogen-bond donors (Lipinski definition) is 2. The minimum atomic E-state index is 0.177. The molecule has 1 atom stereocenters. The van der Waals surface area contributed by atoms with Crippen molar-refractivity contribution in [1.29, 1.82) is 0 Å². The van der Waals surface area contributed by atoms with Gasteiger partial charge in [0.25, 0.3) is 0 Å². The van der Waals surface area contributed by atoms with Crippen LogP contribution in [0.4, 0.5) is 0 Å². The van der Waals surface area contributed by atoms with Crippen molar-refractivity contribution >= 4 is 0 Å². The molecule has 0 bridgehead atoms. The van der Waals surface area contributed by atoms with Gasteiger partial charge in [0.2, 0.25) is 0 Å². The highest BCUT2D eigenvalue weighted by molar-refractivity contribution is 5.27. The Kier molecular flexibility index (Phi) is 4.93. The largest absolute Gasteiger partial charge is 0.276 e. The van der Waals surface area contributed by atoms with Gasteiger partial charge in [-0.25, -0.2) is 0 Å². The molecule has 4 heteroatoms. The fourth-order valence-electron chi connectivity index (χ4n) is 2.37. The van der Waals surface area contributed by atoms with E-state index >= 15 is 0 Å². The zero-order chi connectivity index (χ0) is 14.5. The zero-order valence-corrected chi connectivity index (χ0v) is 12.5. The van der Waals surface area contributed by atoms with Gasteiger partial charge in [-0.15, -0.1) is 0 Å². The molecule has 0 fully saturated rings. The maximum Gasteiger partial charge on any atom is 0.0521 e. The fraction of sp³-hybridized carbons (Fsp3) is 0.438. The van der Waals surface area contributed by atoms with Gasteiger partial charge in [0, 0.05) is 19.3 Å². The summed E-state index contributed by atoms with van der Waals surface area (Å²) in [6, 6.07) is 8.89. The van der Waals surface area contributed by atoms with Crippen molar-refractivity contribution in [2.24, 2.45) is 12.9 Å². The molecule has 0 aliphatic heterocycles. The van der Waals surface area contributed by atoms with Crippen molar-refractivity contribution < 1.29 is 0 Å². The Morgan fingerprint density at radius 3 is 2.35 bits per heavy atom. The minimum Gasteiger partial charge on any atom is -0.276 e. The fourth-order valence-corrected chi connectivity index (χ4v) is 2.37. The molecule has 2 rings (SSSR count). The van der Waals surface area contributed by atoms with E-state index in [1.54, 1.807) is 0 Å². The first kappa shape index (κ1) is 14.8. The highest BCUT2D eigenvalue weighted by atomic mass is 15.2. The minimum absolute atomic E-state index is 0.177. The van der Waals surface area contributed by atoms with Crippen LogP contribution in [0.25, 0.3) is 0 Å². The third-order valence-electron chi connectivity index (χ3n) is 3.69. The van der Waals surface area contributed by atoms with E-state index in [4.69, 9.17) is 5.84 Å². The van der Waals surface area contributed by atoms with Crippen LogP contribution < -0.4 is 11.3 Å². The van der Waals surface area contributed by atoms with E-state index in [-0.39, 0.29) is 6.04 Å². The van der Waals surface area contributed by atoms with Gasteiger partial charge < -0.3 is 0 Å². The molecule has 3 N–H and O–H groups in total. The summed E-state index contributed by atoms with van der Waals surface area (Å²) in [7, 11) is 1.94. The number of aryl methyl sites for hydroxylation is 2. The summed E-state index contributed by atoms with van der Waals surface area (Å²) in [5.74, 6) is 6.26. The van der Waals surface area contributed by atoms with E-state index in [2.05, 4.69) is 54.8 Å². The third kappa shape index (κ3) is 3.68. The molecule has 0 saturated heterocycles. The van der Waals surface area contributed by atoms with Crippen molar-refractivity contribution in [2.45, 2.75) is 38.6 Å². The van der Waals surface area contributed by atoms with E-state index in [1.165, 1.54) is 16.7 Å². The number of rotatable bonds is 6. The highest BCUT2D eigenvalue weighted by Crippen LogP contribution is 2.21. The van der Waals surface area contributed by atoms with E-state index in [0.717, 1.165) is 12.8 Å². The number of nitrogens with two attached hydrogens (primary N) is 1. The van der Waals surface area contributed by atoms with Crippen LogP contribution in [0.15, 0.2) is 36.7 Å². The van der Waals surface area contributed by atoms with E-state index in [1.807, 2.05) is 17.9 Å². The highest BCUT2D eigenvalue weighted by Gasteiger charge is 2.11. The Morgan fingerprint density at radius 2 is 1.85 bits per heavy atom. The van der Waals surface area contributed by atoms with E-state index in [9.17, 15) is 0 Å². The SMILES string of the molecule is CC(C)c1ccc(C(CCc2cnn(C)c2)NN)cc1. The van der Waals surface area contributed by atoms with Crippen molar-refractivity contribution in [3.05, 3.63) is 53.3 Å². The average Bonchev–Trinajstić information content (AvgIpc) is 2.86. The van der Waals surface area contributed by atoms with Crippen LogP contribution in [0.2, 0.25) is 0 Å². The van der Waals surface area contributed by atoms with Crippen molar-refractivity contribution in [2.75, 3.05) is 0 Å². The van der Waals surface area contributed by atoms with Crippen molar-refractivity contribution in [1.82, 2.24) is 15.2 Å². The molecule has 1 aromatic heterocycles. The van der Waals surface area contributed by atoms with Crippen LogP contribution in [0, 0.1) is 0 Å². The number of nitrogens with one attached hydrogen (secondary N) is 1. The molecule has 1 unspecified atom stereocenters. The third-order valence-corrected chi connectivity index (χ3v) is 3.69. The lowest BCUT2D eigenvalue weighted by atomic mass is 9.96. The predicted molar refractivity (Wildman–Crippen MR) is 82.1 cm³/mol. The lowest BCUT2D eigenvalue weighted by Gasteiger charge is -2.17. The topological polar surface area (TPSA) is 55.9 Å². The summed E-state index contributed by atoms with van der Waals surface area (Å²) in [6.45, 7) is 4.41. The molecule has 2 aromatic rings. The Bertz CT molecular complexity index is 528. The molecule has 1 heterocycles. The van der Waals surface area contributed by atoms with E-state index < -0.39 is 0 Å². The van der Waals surface area contributed by atoms with Gasteiger partial charge in [-0.2, -0.15) is 5.10 Å². The first-order chi connectivity index (χ1) is 9.60. The Balaban J connectivity index is 2.00. The van der Waals surface area contributed by atoms with Crippen LogP contribution in [0.1, 0.15) is 48.9 Å². The molecule has 0 aliphatic rings. The normalized spacial score (nSPS) is 12.8. The number of benzene rings is 1. The summed E-state index contributed by atoms with van der Waals surface area (Å²) in [6.07, 6.45) is 5.89. The second-order valence-corrected chi connectivity index (χ2v) is 5.60. The van der Waals surface area contributed by atoms with Gasteiger partial charge in [-0.1, -0.05) is 38.1 Å². The summed E-state index contributed by atoms with van der Waals surface area (Å²) in [4.78, 5) is 0. The van der Waals surface area contributed by atoms with Crippen molar-refractivity contribution in [3.63, 3.8) is 0 Å². The monoisotopic (exact) mass is 272 g/mol. The van der Waals surface area contributed by atoms with Crippen LogP contribution in [-0.2, 0) is 13.5 Å². The predicted octanol–water partition coefficient (Wildman–Crippen LogP) is 2.68. The van der Waals surface area contributed by atoms with Crippen LogP contribution in [0.5, 0.6) is 0 Å². The standard InChI is InChI=1S/C16H24N4/c1-12(2)14-5-7-15(8-6-14)16(19-17)9-4-13-10-18-20(3)11-13/h5-8,10-12,16,19H,4,9,17H2,1-3H3. The first-order valence-electron chi connectivity index (χ1n) is 7.13. The summed E-state index contributed by atoms with van der Waals surface area (Å²) in [5, 5.41) is 4.19. The maximum absolute atomic E-state index is 5.70. The molecular weight excluding hydrogens is 248 g/mol. The zero-order valence-electron chi connectivity index (χ0n) is 12.5. The maximum atomic E-state index is 5.70. The van der Waals surface area contributed by atoms with Gasteiger partial charge in [0.1, 0.15) is 0 Å². The van der Waals surface area contributed by atoms with Crippen LogP contribution in [-0.4, -0.2) is 9.78 Å². The van der Waals surface area contributed by atoms with Gasteiger partial charge in [0.05, 0.1) is 6.20 Å². The van der Waals surface area contributed by atoms with Gasteiger partial charge in [-0.05, 0) is 35.4 Å². The molecule has 0 spiro atoms. The molecule has 0 aliphatic carbocycles. The second kappa shape index (κ2) is 6.68. The lowest BCUT2D eigenvalue weighted by molar-refractivity contribution is 0.516. The molecule has 4 nitrogen and oxygen atoms in total. The molecule has 0 radical (unpaired) electrons. The Hall–Kier alpha value is -1.65. The smallest absolute Gasteiger partial charge is 0.0521 e. The number of nitrogens with zero attached hydrogens (tertiary/aromatic N) is 2. The van der Waals surface area contributed by atoms with Crippen LogP contribution in [0.3, 0.4) is 0 Å². The number of hydrazine groups is 1. The van der Waals surface area contributed by atoms with Gasteiger partial charge in [-0.3, -0.25) is 16.0 Å². The quantitative estimate of drug-likeness (QED) is 0.628. The second-order valence-electron chi connectivity index (χ2n) is 5.60. The first-order valence-corrected chi connectivity index (χ1v) is 7.13. The Labute approximate surface area is 121 Å². The van der Waals surface area contributed by atoms with Crippen molar-refractivity contribution in [3.8, 4) is 0 Å². The molecule has 108 valence electrons.